The van der Waals surface area contributed by atoms with Crippen molar-refractivity contribution in [3.8, 4) is 43.4 Å². The van der Waals surface area contributed by atoms with Crippen LogP contribution in [-0.2, 0) is 37.1 Å². The molecular weight excluding hydrogens is 1310 g/mol. The number of nitrogens with one attached hydrogen (secondary N) is 5. The second-order valence-electron chi connectivity index (χ2n) is 20.7. The van der Waals surface area contributed by atoms with E-state index in [-0.39, 0.29) is 89.8 Å². The fourth-order valence-electron chi connectivity index (χ4n) is 9.24. The number of carboxylic acid groups (broad SMARTS) is 2. The molecule has 0 spiro atoms. The van der Waals surface area contributed by atoms with Crippen molar-refractivity contribution in [2.75, 3.05) is 32.1 Å². The molecule has 0 fully saturated rings. The number of nitrogens with zero attached hydrogens (tertiary/aromatic N) is 9. The first-order valence-electron chi connectivity index (χ1n) is 28.0. The van der Waals surface area contributed by atoms with Crippen molar-refractivity contribution < 1.29 is 63.1 Å². The van der Waals surface area contributed by atoms with Gasteiger partial charge in [0.25, 0.3) is 17.7 Å². The zero-order valence-corrected chi connectivity index (χ0v) is 54.2. The Bertz CT molecular complexity index is 4220. The number of amides is 6. The van der Waals surface area contributed by atoms with E-state index in [1.807, 2.05) is 13.8 Å². The number of aliphatic hydroxyl groups excluding tert-OH is 1. The number of aromatic nitrogens is 8. The van der Waals surface area contributed by atoms with Gasteiger partial charge in [-0.25, -0.2) is 44.5 Å². The lowest BCUT2D eigenvalue weighted by molar-refractivity contribution is -0.137. The largest absolute Gasteiger partial charge is 0.481 e. The standard InChI is InChI=1S/C59H56N14O13S6/c1-27(2)43-57-72-46(38(92-57)22-85-5)50(80)62-20-41(75)69-47(48(78)29-10-7-6-8-11-29)56-67-37(25-89-56)54-65-35(23-88-54)45-32(52-66-36(24-87-52)49(79)64-34(18-40(74)60-4)55-71-44(28(3)91-55)51(81)70-43)15-16-33(63-45)53-68-39(26-90-53)73(17-9-12-42(76)77)59(84)86-21-31-14-13-30(19-61-31)58(82)83/h6-8,10-11,13-16,19,23-27,34,43,47-48,78H,9,12,17-18,20-22H2,1-5H3,(H,60,74)(H,62,80)(H,64,79)(H,69,75)(H,70,81)(H,76,77)(H,82,83)/t34-,43?,47-,48-/m0/s1. The monoisotopic (exact) mass is 1360 g/mol. The maximum Gasteiger partial charge on any atom is 0.415 e. The first-order valence-corrected chi connectivity index (χ1v) is 33.2. The molecule has 8 N–H and O–H groups in total. The number of anilines is 1. The smallest absolute Gasteiger partial charge is 0.415 e. The molecule has 92 heavy (non-hydrogen) atoms. The molecule has 9 heterocycles. The Labute approximate surface area is 547 Å². The summed E-state index contributed by atoms with van der Waals surface area (Å²) in [4.78, 5) is 147. The number of ether oxygens (including phenoxy) is 2. The molecule has 4 atom stereocenters. The lowest BCUT2D eigenvalue weighted by Crippen LogP contribution is -2.40. The molecule has 476 valence electrons. The van der Waals surface area contributed by atoms with Crippen LogP contribution in [0.15, 0.2) is 82.3 Å². The maximum atomic E-state index is 14.4. The molecule has 8 aromatic heterocycles. The normalized spacial score (nSPS) is 15.8. The molecule has 33 heteroatoms. The average molecular weight is 1360 g/mol. The van der Waals surface area contributed by atoms with Gasteiger partial charge in [0.05, 0.1) is 53.5 Å². The minimum Gasteiger partial charge on any atom is -0.481 e. The van der Waals surface area contributed by atoms with Gasteiger partial charge in [0.2, 0.25) is 11.8 Å². The third-order valence-corrected chi connectivity index (χ3v) is 19.6. The summed E-state index contributed by atoms with van der Waals surface area (Å²) in [6.07, 6.45) is -1.56. The van der Waals surface area contributed by atoms with Gasteiger partial charge in [0.1, 0.15) is 88.8 Å². The van der Waals surface area contributed by atoms with Crippen LogP contribution in [0.3, 0.4) is 0 Å². The van der Waals surface area contributed by atoms with E-state index in [4.69, 9.17) is 34.4 Å². The SMILES string of the molecule is CNC(=O)C[C@@H]1NC(=O)c2csc(n2)-c2ccc(-c3nc(N(CCCC(=O)O)C(=O)OCc4ccc(C(=O)O)cn4)cs3)nc2-c2csc(n2)-c2csc(n2)[C@H]([C@@H](O)c2ccccc2)NC(=O)CNC(=O)c2nc(sc2COC)C(C(C)C)NC(=O)c2nc1sc2C. The van der Waals surface area contributed by atoms with Crippen LogP contribution in [0.4, 0.5) is 10.6 Å². The highest BCUT2D eigenvalue weighted by molar-refractivity contribution is 7.15. The number of carbonyl (C=O) groups excluding carboxylic acids is 6. The van der Waals surface area contributed by atoms with Gasteiger partial charge in [0.15, 0.2) is 0 Å². The summed E-state index contributed by atoms with van der Waals surface area (Å²) in [7, 11) is 2.91. The molecule has 1 aliphatic heterocycles. The number of aryl methyl sites for hydroxylation is 1. The van der Waals surface area contributed by atoms with Crippen molar-refractivity contribution >= 4 is 121 Å². The maximum absolute atomic E-state index is 14.4. The minimum absolute atomic E-state index is 0.0192. The highest BCUT2D eigenvalue weighted by Crippen LogP contribution is 2.40. The van der Waals surface area contributed by atoms with Gasteiger partial charge >= 0.3 is 18.0 Å². The molecule has 1 aliphatic rings. The van der Waals surface area contributed by atoms with Crippen LogP contribution < -0.4 is 31.5 Å². The number of aromatic carboxylic acids is 1. The van der Waals surface area contributed by atoms with E-state index in [1.54, 1.807) is 65.5 Å². The molecule has 10 rings (SSSR count). The number of fused-ring (bicyclic) bond motifs is 14. The van der Waals surface area contributed by atoms with Crippen LogP contribution in [-0.4, -0.2) is 130 Å². The van der Waals surface area contributed by atoms with Crippen molar-refractivity contribution in [3.05, 3.63) is 141 Å². The second kappa shape index (κ2) is 29.4. The van der Waals surface area contributed by atoms with Crippen LogP contribution in [0.2, 0.25) is 0 Å². The number of thiazole rings is 6. The Hall–Kier alpha value is -9.22. The number of aliphatic hydroxyl groups is 1. The van der Waals surface area contributed by atoms with E-state index in [2.05, 4.69) is 41.5 Å². The zero-order chi connectivity index (χ0) is 65.3. The van der Waals surface area contributed by atoms with Gasteiger partial charge in [-0.2, -0.15) is 0 Å². The molecule has 0 saturated carbocycles. The molecule has 1 unspecified atom stereocenters. The highest BCUT2D eigenvalue weighted by Gasteiger charge is 2.33. The molecule has 27 nitrogen and oxygen atoms in total. The number of carbonyl (C=O) groups is 8. The third kappa shape index (κ3) is 15.4. The second-order valence-corrected chi connectivity index (χ2v) is 26.5. The van der Waals surface area contributed by atoms with Gasteiger partial charge in [-0.05, 0) is 49.1 Å². The fraction of sp³-hybridized carbons (Fsp3) is 0.288. The summed E-state index contributed by atoms with van der Waals surface area (Å²) in [5.74, 6) is -5.46. The summed E-state index contributed by atoms with van der Waals surface area (Å²) in [6, 6.07) is 11.9. The fourth-order valence-corrected chi connectivity index (χ4v) is 14.8. The Morgan fingerprint density at radius 3 is 2.16 bits per heavy atom. The summed E-state index contributed by atoms with van der Waals surface area (Å²) in [5, 5.41) is 53.3. The Morgan fingerprint density at radius 1 is 0.707 bits per heavy atom. The summed E-state index contributed by atoms with van der Waals surface area (Å²) in [5.41, 5.74) is 2.37. The van der Waals surface area contributed by atoms with Crippen molar-refractivity contribution in [1.82, 2.24) is 66.5 Å². The molecule has 10 bridgehead atoms. The number of rotatable bonds is 16. The minimum atomic E-state index is -1.32. The summed E-state index contributed by atoms with van der Waals surface area (Å²) in [6.45, 7) is 4.42. The number of hydrogen-bond acceptors (Lipinski definition) is 25. The van der Waals surface area contributed by atoms with E-state index in [1.165, 1.54) is 47.9 Å². The van der Waals surface area contributed by atoms with Crippen molar-refractivity contribution in [2.45, 2.75) is 77.5 Å². The van der Waals surface area contributed by atoms with E-state index in [0.717, 1.165) is 62.9 Å². The van der Waals surface area contributed by atoms with Crippen molar-refractivity contribution in [1.29, 1.82) is 0 Å². The van der Waals surface area contributed by atoms with Crippen LogP contribution in [0.25, 0.3) is 43.4 Å². The summed E-state index contributed by atoms with van der Waals surface area (Å²) < 4.78 is 11.0. The number of aliphatic carboxylic acids is 1. The number of pyridine rings is 2. The lowest BCUT2D eigenvalue weighted by atomic mass is 10.0. The summed E-state index contributed by atoms with van der Waals surface area (Å²) >= 11 is 6.88. The van der Waals surface area contributed by atoms with Gasteiger partial charge in [-0.3, -0.25) is 38.7 Å². The van der Waals surface area contributed by atoms with E-state index < -0.39 is 78.3 Å². The predicted octanol–water partition coefficient (Wildman–Crippen LogP) is 8.41. The molecule has 1 aromatic carbocycles. The quantitative estimate of drug-likeness (QED) is 0.0450. The van der Waals surface area contributed by atoms with Crippen LogP contribution in [0.1, 0.15) is 135 Å². The zero-order valence-electron chi connectivity index (χ0n) is 49.3. The number of benzene rings is 1. The van der Waals surface area contributed by atoms with Gasteiger partial charge < -0.3 is 51.4 Å². The topological polar surface area (TPSA) is 382 Å². The van der Waals surface area contributed by atoms with Gasteiger partial charge in [0, 0.05) is 65.3 Å². The average Bonchev–Trinajstić information content (AvgIpc) is 1.81. The number of hydrogen-bond donors (Lipinski definition) is 8. The predicted molar refractivity (Wildman–Crippen MR) is 342 cm³/mol. The van der Waals surface area contributed by atoms with E-state index >= 15 is 0 Å². The highest BCUT2D eigenvalue weighted by atomic mass is 32.1. The van der Waals surface area contributed by atoms with Crippen molar-refractivity contribution in [3.63, 3.8) is 0 Å². The molecule has 6 amide bonds. The number of methoxy groups -OCH3 is 1. The molecule has 0 radical (unpaired) electrons. The van der Waals surface area contributed by atoms with Crippen LogP contribution >= 0.6 is 68.0 Å². The molecular formula is C59H56N14O13S6. The molecule has 0 aliphatic carbocycles. The van der Waals surface area contributed by atoms with E-state index in [9.17, 15) is 53.7 Å². The van der Waals surface area contributed by atoms with Gasteiger partial charge in [-0.1, -0.05) is 44.2 Å². The first-order chi connectivity index (χ1) is 44.2. The number of carboxylic acids is 2. The Kier molecular flexibility index (Phi) is 21.0. The van der Waals surface area contributed by atoms with Gasteiger partial charge in [-0.15, -0.1) is 68.0 Å². The lowest BCUT2D eigenvalue weighted by Gasteiger charge is -2.23. The third-order valence-electron chi connectivity index (χ3n) is 13.9. The van der Waals surface area contributed by atoms with Crippen LogP contribution in [0, 0.1) is 12.8 Å². The molecule has 9 aromatic rings. The molecule has 0 saturated heterocycles. The first kappa shape index (κ1) is 65.7. The Morgan fingerprint density at radius 2 is 1.43 bits per heavy atom. The van der Waals surface area contributed by atoms with E-state index in [0.29, 0.717) is 63.0 Å². The Balaban J connectivity index is 1.04. The van der Waals surface area contributed by atoms with Crippen molar-refractivity contribution in [2.24, 2.45) is 5.92 Å². The van der Waals surface area contributed by atoms with Crippen LogP contribution in [0.5, 0.6) is 0 Å².